The number of fused-ring (bicyclic) bond motifs is 1. The van der Waals surface area contributed by atoms with Crippen LogP contribution in [0.3, 0.4) is 0 Å². The van der Waals surface area contributed by atoms with Crippen molar-refractivity contribution in [1.82, 2.24) is 0 Å². The number of hydrogen-bond donors (Lipinski definition) is 1. The molecule has 4 heteroatoms. The van der Waals surface area contributed by atoms with Crippen molar-refractivity contribution in [3.05, 3.63) is 53.6 Å². The van der Waals surface area contributed by atoms with Crippen LogP contribution in [0.15, 0.2) is 42.5 Å². The molecule has 0 atom stereocenters. The third-order valence-electron chi connectivity index (χ3n) is 3.89. The zero-order valence-corrected chi connectivity index (χ0v) is 12.3. The van der Waals surface area contributed by atoms with Gasteiger partial charge >= 0.3 is 0 Å². The topological polar surface area (TPSA) is 49.6 Å². The maximum absolute atomic E-state index is 12.7. The van der Waals surface area contributed by atoms with E-state index < -0.39 is 0 Å². The lowest BCUT2D eigenvalue weighted by Gasteiger charge is -2.19. The number of hydrogen-bond acceptors (Lipinski definition) is 3. The predicted molar refractivity (Wildman–Crippen MR) is 87.0 cm³/mol. The Morgan fingerprint density at radius 3 is 2.67 bits per heavy atom. The van der Waals surface area contributed by atoms with E-state index in [1.165, 1.54) is 5.56 Å². The number of para-hydroxylation sites is 1. The van der Waals surface area contributed by atoms with Crippen molar-refractivity contribution in [2.75, 3.05) is 36.2 Å². The Labute approximate surface area is 124 Å². The standard InChI is InChI=1S/C17H19N3O/c1-19(2)16-8-7-13(11-14(16)18)17(21)20-10-9-12-5-3-4-6-15(12)20/h3-8,11H,9-10,18H2,1-2H3. The lowest BCUT2D eigenvalue weighted by atomic mass is 10.1. The van der Waals surface area contributed by atoms with E-state index in [0.717, 1.165) is 24.3 Å². The van der Waals surface area contributed by atoms with Crippen LogP contribution in [-0.2, 0) is 6.42 Å². The molecule has 108 valence electrons. The van der Waals surface area contributed by atoms with Crippen LogP contribution in [0.5, 0.6) is 0 Å². The number of rotatable bonds is 2. The van der Waals surface area contributed by atoms with Gasteiger partial charge in [0.05, 0.1) is 11.4 Å². The molecule has 0 aliphatic carbocycles. The second kappa shape index (κ2) is 5.13. The van der Waals surface area contributed by atoms with Gasteiger partial charge in [-0.15, -0.1) is 0 Å². The van der Waals surface area contributed by atoms with Gasteiger partial charge in [0.15, 0.2) is 0 Å². The van der Waals surface area contributed by atoms with E-state index in [0.29, 0.717) is 11.3 Å². The van der Waals surface area contributed by atoms with Gasteiger partial charge in [-0.1, -0.05) is 18.2 Å². The summed E-state index contributed by atoms with van der Waals surface area (Å²) in [4.78, 5) is 16.5. The first-order valence-corrected chi connectivity index (χ1v) is 7.04. The maximum Gasteiger partial charge on any atom is 0.258 e. The number of amides is 1. The monoisotopic (exact) mass is 281 g/mol. The lowest BCUT2D eigenvalue weighted by molar-refractivity contribution is 0.0989. The van der Waals surface area contributed by atoms with E-state index in [1.807, 2.05) is 54.2 Å². The van der Waals surface area contributed by atoms with Crippen LogP contribution in [0.2, 0.25) is 0 Å². The van der Waals surface area contributed by atoms with E-state index >= 15 is 0 Å². The molecule has 0 spiro atoms. The van der Waals surface area contributed by atoms with Gasteiger partial charge in [0.2, 0.25) is 0 Å². The summed E-state index contributed by atoms with van der Waals surface area (Å²) >= 11 is 0. The van der Waals surface area contributed by atoms with Gasteiger partial charge < -0.3 is 15.5 Å². The van der Waals surface area contributed by atoms with Gasteiger partial charge in [-0.2, -0.15) is 0 Å². The first-order valence-electron chi connectivity index (χ1n) is 7.04. The molecule has 3 rings (SSSR count). The van der Waals surface area contributed by atoms with E-state index in [1.54, 1.807) is 6.07 Å². The number of nitrogen functional groups attached to an aromatic ring is 1. The zero-order valence-electron chi connectivity index (χ0n) is 12.3. The second-order valence-corrected chi connectivity index (χ2v) is 5.50. The molecule has 0 saturated heterocycles. The van der Waals surface area contributed by atoms with E-state index in [9.17, 15) is 4.79 Å². The molecular formula is C17H19N3O. The van der Waals surface area contributed by atoms with Gasteiger partial charge in [0, 0.05) is 31.9 Å². The Morgan fingerprint density at radius 2 is 1.95 bits per heavy atom. The highest BCUT2D eigenvalue weighted by atomic mass is 16.2. The third-order valence-corrected chi connectivity index (χ3v) is 3.89. The van der Waals surface area contributed by atoms with Crippen LogP contribution in [0.25, 0.3) is 0 Å². The average Bonchev–Trinajstić information content (AvgIpc) is 2.90. The Bertz CT molecular complexity index is 694. The minimum absolute atomic E-state index is 0.0111. The maximum atomic E-state index is 12.7. The molecule has 1 aliphatic heterocycles. The van der Waals surface area contributed by atoms with Crippen molar-refractivity contribution < 1.29 is 4.79 Å². The van der Waals surface area contributed by atoms with E-state index in [4.69, 9.17) is 5.73 Å². The summed E-state index contributed by atoms with van der Waals surface area (Å²) in [5, 5.41) is 0. The van der Waals surface area contributed by atoms with Gasteiger partial charge in [-0.25, -0.2) is 0 Å². The third kappa shape index (κ3) is 2.33. The molecule has 0 saturated carbocycles. The van der Waals surface area contributed by atoms with Crippen molar-refractivity contribution in [2.45, 2.75) is 6.42 Å². The van der Waals surface area contributed by atoms with Crippen LogP contribution >= 0.6 is 0 Å². The first kappa shape index (κ1) is 13.5. The normalized spacial score (nSPS) is 13.1. The summed E-state index contributed by atoms with van der Waals surface area (Å²) in [6.45, 7) is 0.730. The fourth-order valence-corrected chi connectivity index (χ4v) is 2.80. The molecule has 0 radical (unpaired) electrons. The molecule has 2 aromatic carbocycles. The molecule has 1 aliphatic rings. The Hall–Kier alpha value is -2.49. The summed E-state index contributed by atoms with van der Waals surface area (Å²) in [5.74, 6) is 0.0111. The molecular weight excluding hydrogens is 262 g/mol. The molecule has 0 aromatic heterocycles. The fraction of sp³-hybridized carbons (Fsp3) is 0.235. The zero-order chi connectivity index (χ0) is 15.0. The van der Waals surface area contributed by atoms with Gasteiger partial charge in [-0.3, -0.25) is 4.79 Å². The molecule has 0 unspecified atom stereocenters. The summed E-state index contributed by atoms with van der Waals surface area (Å²) in [5.41, 5.74) is 10.5. The molecule has 0 bridgehead atoms. The smallest absolute Gasteiger partial charge is 0.258 e. The Morgan fingerprint density at radius 1 is 1.19 bits per heavy atom. The van der Waals surface area contributed by atoms with E-state index in [2.05, 4.69) is 6.07 Å². The van der Waals surface area contributed by atoms with Crippen molar-refractivity contribution in [3.63, 3.8) is 0 Å². The summed E-state index contributed by atoms with van der Waals surface area (Å²) in [7, 11) is 3.87. The summed E-state index contributed by atoms with van der Waals surface area (Å²) < 4.78 is 0. The molecule has 1 amide bonds. The van der Waals surface area contributed by atoms with Crippen molar-refractivity contribution in [1.29, 1.82) is 0 Å². The number of nitrogens with two attached hydrogens (primary N) is 1. The highest BCUT2D eigenvalue weighted by molar-refractivity contribution is 6.08. The molecule has 1 heterocycles. The SMILES string of the molecule is CN(C)c1ccc(C(=O)N2CCc3ccccc32)cc1N. The van der Waals surface area contributed by atoms with Crippen LogP contribution in [0.1, 0.15) is 15.9 Å². The summed E-state index contributed by atoms with van der Waals surface area (Å²) in [6.07, 6.45) is 0.910. The predicted octanol–water partition coefficient (Wildman–Crippen LogP) is 2.54. The molecule has 4 nitrogen and oxygen atoms in total. The average molecular weight is 281 g/mol. The van der Waals surface area contributed by atoms with Gasteiger partial charge in [0.1, 0.15) is 0 Å². The van der Waals surface area contributed by atoms with Crippen LogP contribution in [0.4, 0.5) is 17.1 Å². The van der Waals surface area contributed by atoms with Crippen molar-refractivity contribution >= 4 is 23.0 Å². The van der Waals surface area contributed by atoms with Crippen molar-refractivity contribution in [3.8, 4) is 0 Å². The number of benzene rings is 2. The fourth-order valence-electron chi connectivity index (χ4n) is 2.80. The minimum atomic E-state index is 0.0111. The molecule has 0 fully saturated rings. The Balaban J connectivity index is 1.92. The minimum Gasteiger partial charge on any atom is -0.397 e. The van der Waals surface area contributed by atoms with Crippen molar-refractivity contribution in [2.24, 2.45) is 0 Å². The highest BCUT2D eigenvalue weighted by Gasteiger charge is 2.25. The van der Waals surface area contributed by atoms with Gasteiger partial charge in [0.25, 0.3) is 5.91 Å². The molecule has 21 heavy (non-hydrogen) atoms. The van der Waals surface area contributed by atoms with Crippen LogP contribution in [-0.4, -0.2) is 26.5 Å². The number of nitrogens with zero attached hydrogens (tertiary/aromatic N) is 2. The number of carbonyl (C=O) groups is 1. The lowest BCUT2D eigenvalue weighted by Crippen LogP contribution is -2.29. The number of anilines is 3. The molecule has 2 aromatic rings. The highest BCUT2D eigenvalue weighted by Crippen LogP contribution is 2.30. The number of carbonyl (C=O) groups excluding carboxylic acids is 1. The largest absolute Gasteiger partial charge is 0.397 e. The first-order chi connectivity index (χ1) is 10.1. The Kier molecular flexibility index (Phi) is 3.29. The van der Waals surface area contributed by atoms with E-state index in [-0.39, 0.29) is 5.91 Å². The van der Waals surface area contributed by atoms with Gasteiger partial charge in [-0.05, 0) is 36.2 Å². The second-order valence-electron chi connectivity index (χ2n) is 5.50. The molecule has 2 N–H and O–H groups in total. The van der Waals surface area contributed by atoms with Crippen LogP contribution in [0, 0.1) is 0 Å². The van der Waals surface area contributed by atoms with Crippen LogP contribution < -0.4 is 15.5 Å². The summed E-state index contributed by atoms with van der Waals surface area (Å²) in [6, 6.07) is 13.5. The quantitative estimate of drug-likeness (QED) is 0.861.